The Hall–Kier alpha value is -2.17. The summed E-state index contributed by atoms with van der Waals surface area (Å²) >= 11 is 0. The van der Waals surface area contributed by atoms with Crippen molar-refractivity contribution in [3.63, 3.8) is 0 Å². The molecular formula is C14H17NO4. The average molecular weight is 263 g/mol. The lowest BCUT2D eigenvalue weighted by Crippen LogP contribution is -2.19. The highest BCUT2D eigenvalue weighted by atomic mass is 16.7. The number of rotatable bonds is 4. The second kappa shape index (κ2) is 5.22. The number of carbonyl (C=O) groups excluding carboxylic acids is 1. The molecule has 2 aromatic rings. The largest absolute Gasteiger partial charge is 0.492 e. The number of carbonyl (C=O) groups is 1. The van der Waals surface area contributed by atoms with Gasteiger partial charge in [-0.2, -0.15) is 0 Å². The van der Waals surface area contributed by atoms with Gasteiger partial charge in [0.2, 0.25) is 11.8 Å². The lowest BCUT2D eigenvalue weighted by molar-refractivity contribution is -0.145. The summed E-state index contributed by atoms with van der Waals surface area (Å²) in [5.74, 6) is -0.643. The van der Waals surface area contributed by atoms with Crippen molar-refractivity contribution in [2.24, 2.45) is 5.92 Å². The van der Waals surface area contributed by atoms with E-state index in [0.717, 1.165) is 4.73 Å². The standard InChI is InChI=1S/C14H17NO4/c1-9(2)7-8-12(16)19-15-13(17)10-5-3-4-6-11(10)14(15)18/h3-6,9,17-18H,7-8H2,1-2H3. The van der Waals surface area contributed by atoms with E-state index in [1.165, 1.54) is 0 Å². The van der Waals surface area contributed by atoms with Gasteiger partial charge in [-0.15, -0.1) is 4.73 Å². The van der Waals surface area contributed by atoms with E-state index in [9.17, 15) is 15.0 Å². The first-order valence-electron chi connectivity index (χ1n) is 6.23. The van der Waals surface area contributed by atoms with Gasteiger partial charge >= 0.3 is 5.97 Å². The molecule has 5 heteroatoms. The van der Waals surface area contributed by atoms with Gasteiger partial charge in [-0.3, -0.25) is 0 Å². The fourth-order valence-electron chi connectivity index (χ4n) is 1.83. The summed E-state index contributed by atoms with van der Waals surface area (Å²) in [6.07, 6.45) is 0.937. The maximum absolute atomic E-state index is 11.6. The average Bonchev–Trinajstić information content (AvgIpc) is 2.62. The molecule has 1 aromatic carbocycles. The van der Waals surface area contributed by atoms with Crippen molar-refractivity contribution in [1.82, 2.24) is 4.73 Å². The Morgan fingerprint density at radius 3 is 2.21 bits per heavy atom. The van der Waals surface area contributed by atoms with Crippen LogP contribution in [-0.2, 0) is 4.79 Å². The second-order valence-electron chi connectivity index (χ2n) is 4.88. The van der Waals surface area contributed by atoms with Crippen LogP contribution in [0.5, 0.6) is 11.8 Å². The monoisotopic (exact) mass is 263 g/mol. The minimum Gasteiger partial charge on any atom is -0.492 e. The van der Waals surface area contributed by atoms with Gasteiger partial charge in [0.15, 0.2) is 0 Å². The minimum atomic E-state index is -0.486. The van der Waals surface area contributed by atoms with E-state index < -0.39 is 5.97 Å². The first-order valence-corrected chi connectivity index (χ1v) is 6.23. The molecule has 0 atom stereocenters. The quantitative estimate of drug-likeness (QED) is 0.888. The topological polar surface area (TPSA) is 71.7 Å². The summed E-state index contributed by atoms with van der Waals surface area (Å²) in [5, 5.41) is 20.7. The van der Waals surface area contributed by atoms with Crippen LogP contribution in [0.25, 0.3) is 10.8 Å². The first-order chi connectivity index (χ1) is 9.00. The van der Waals surface area contributed by atoms with Gasteiger partial charge in [0.1, 0.15) is 0 Å². The molecule has 1 heterocycles. The number of aromatic nitrogens is 1. The summed E-state index contributed by atoms with van der Waals surface area (Å²) in [6.45, 7) is 4.01. The van der Waals surface area contributed by atoms with Gasteiger partial charge in [-0.1, -0.05) is 26.0 Å². The van der Waals surface area contributed by atoms with Gasteiger partial charge < -0.3 is 15.1 Å². The molecular weight excluding hydrogens is 246 g/mol. The number of aromatic hydroxyl groups is 2. The predicted octanol–water partition coefficient (Wildman–Crippen LogP) is 2.44. The Morgan fingerprint density at radius 2 is 1.74 bits per heavy atom. The molecule has 19 heavy (non-hydrogen) atoms. The van der Waals surface area contributed by atoms with Crippen molar-refractivity contribution in [2.45, 2.75) is 26.7 Å². The van der Waals surface area contributed by atoms with Crippen LogP contribution in [0.1, 0.15) is 26.7 Å². The second-order valence-corrected chi connectivity index (χ2v) is 4.88. The van der Waals surface area contributed by atoms with Crippen LogP contribution in [0, 0.1) is 5.92 Å². The molecule has 2 rings (SSSR count). The Bertz CT molecular complexity index is 562. The fourth-order valence-corrected chi connectivity index (χ4v) is 1.83. The highest BCUT2D eigenvalue weighted by molar-refractivity contribution is 5.92. The molecule has 0 aliphatic rings. The van der Waals surface area contributed by atoms with Crippen LogP contribution < -0.4 is 4.84 Å². The lowest BCUT2D eigenvalue weighted by atomic mass is 10.1. The van der Waals surface area contributed by atoms with Crippen LogP contribution in [0.3, 0.4) is 0 Å². The number of hydrogen-bond donors (Lipinski definition) is 2. The van der Waals surface area contributed by atoms with Crippen LogP contribution in [0.4, 0.5) is 0 Å². The number of fused-ring (bicyclic) bond motifs is 1. The molecule has 0 fully saturated rings. The Morgan fingerprint density at radius 1 is 1.21 bits per heavy atom. The van der Waals surface area contributed by atoms with Gasteiger partial charge in [0.05, 0.1) is 10.8 Å². The van der Waals surface area contributed by atoms with E-state index >= 15 is 0 Å². The molecule has 0 spiro atoms. The molecule has 0 saturated carbocycles. The molecule has 0 bridgehead atoms. The first kappa shape index (κ1) is 13.3. The minimum absolute atomic E-state index is 0.241. The molecule has 0 radical (unpaired) electrons. The zero-order valence-corrected chi connectivity index (χ0v) is 11.0. The number of nitrogens with zero attached hydrogens (tertiary/aromatic N) is 1. The Balaban J connectivity index is 2.23. The van der Waals surface area contributed by atoms with Crippen molar-refractivity contribution < 1.29 is 19.8 Å². The number of hydrogen-bond acceptors (Lipinski definition) is 4. The van der Waals surface area contributed by atoms with Crippen LogP contribution >= 0.6 is 0 Å². The third-order valence-electron chi connectivity index (χ3n) is 2.91. The zero-order chi connectivity index (χ0) is 14.0. The van der Waals surface area contributed by atoms with Crippen LogP contribution in [0.15, 0.2) is 24.3 Å². The van der Waals surface area contributed by atoms with Gasteiger partial charge in [-0.05, 0) is 24.5 Å². The fraction of sp³-hybridized carbons (Fsp3) is 0.357. The summed E-state index contributed by atoms with van der Waals surface area (Å²) in [4.78, 5) is 16.6. The van der Waals surface area contributed by atoms with Crippen LogP contribution in [-0.4, -0.2) is 20.9 Å². The predicted molar refractivity (Wildman–Crippen MR) is 70.9 cm³/mol. The van der Waals surface area contributed by atoms with Crippen LogP contribution in [0.2, 0.25) is 0 Å². The van der Waals surface area contributed by atoms with Crippen molar-refractivity contribution >= 4 is 16.7 Å². The van der Waals surface area contributed by atoms with E-state index in [-0.39, 0.29) is 18.2 Å². The lowest BCUT2D eigenvalue weighted by Gasteiger charge is -2.07. The van der Waals surface area contributed by atoms with Gasteiger partial charge in [0.25, 0.3) is 0 Å². The molecule has 0 saturated heterocycles. The zero-order valence-electron chi connectivity index (χ0n) is 11.0. The van der Waals surface area contributed by atoms with Crippen molar-refractivity contribution in [3.8, 4) is 11.8 Å². The Labute approximate surface area is 111 Å². The highest BCUT2D eigenvalue weighted by Gasteiger charge is 2.18. The molecule has 5 nitrogen and oxygen atoms in total. The van der Waals surface area contributed by atoms with Crippen molar-refractivity contribution in [3.05, 3.63) is 24.3 Å². The molecule has 0 unspecified atom stereocenters. The molecule has 1 aromatic heterocycles. The van der Waals surface area contributed by atoms with Crippen molar-refractivity contribution in [1.29, 1.82) is 0 Å². The van der Waals surface area contributed by atoms with E-state index in [1.807, 2.05) is 13.8 Å². The smallest absolute Gasteiger partial charge is 0.333 e. The maximum Gasteiger partial charge on any atom is 0.333 e. The molecule has 0 aliphatic heterocycles. The summed E-state index contributed by atoms with van der Waals surface area (Å²) in [5.41, 5.74) is 0. The van der Waals surface area contributed by atoms with E-state index in [0.29, 0.717) is 23.1 Å². The van der Waals surface area contributed by atoms with E-state index in [2.05, 4.69) is 0 Å². The number of benzene rings is 1. The molecule has 2 N–H and O–H groups in total. The summed E-state index contributed by atoms with van der Waals surface area (Å²) < 4.78 is 0.771. The molecule has 102 valence electrons. The van der Waals surface area contributed by atoms with E-state index in [4.69, 9.17) is 4.84 Å². The normalized spacial score (nSPS) is 11.1. The third kappa shape index (κ3) is 2.65. The third-order valence-corrected chi connectivity index (χ3v) is 2.91. The maximum atomic E-state index is 11.6. The van der Waals surface area contributed by atoms with Gasteiger partial charge in [0, 0.05) is 6.42 Å². The van der Waals surface area contributed by atoms with Gasteiger partial charge in [-0.25, -0.2) is 4.79 Å². The summed E-state index contributed by atoms with van der Waals surface area (Å²) in [6, 6.07) is 6.74. The van der Waals surface area contributed by atoms with Crippen molar-refractivity contribution in [2.75, 3.05) is 0 Å². The molecule has 0 amide bonds. The highest BCUT2D eigenvalue weighted by Crippen LogP contribution is 2.34. The summed E-state index contributed by atoms with van der Waals surface area (Å²) in [7, 11) is 0. The Kier molecular flexibility index (Phi) is 3.64. The SMILES string of the molecule is CC(C)CCC(=O)On1c(O)c2ccccc2c1O. The molecule has 0 aliphatic carbocycles. The van der Waals surface area contributed by atoms with E-state index in [1.54, 1.807) is 24.3 Å².